The molecule has 1 aromatic rings. The van der Waals surface area contributed by atoms with E-state index in [4.69, 9.17) is 5.11 Å². The standard InChI is InChI=1S/C22H31NO2S/c1-22(2)16-14-19(22)18(12-8-3-4-9-13-21(24)25)20(15-16)23-26-17-10-6-5-7-11-17/h3,5-8,10-11,16,18-20,23H,4,9,12-15H2,1-2H3,(H,24,25)/b8-3-/t16?,18-,19-,20?/m0/s1. The van der Waals surface area contributed by atoms with Gasteiger partial charge in [-0.3, -0.25) is 9.52 Å². The Morgan fingerprint density at radius 2 is 2.04 bits per heavy atom. The first kappa shape index (κ1) is 19.5. The van der Waals surface area contributed by atoms with Gasteiger partial charge in [0.1, 0.15) is 0 Å². The van der Waals surface area contributed by atoms with Crippen LogP contribution in [0.3, 0.4) is 0 Å². The summed E-state index contributed by atoms with van der Waals surface area (Å²) in [6.45, 7) is 4.88. The van der Waals surface area contributed by atoms with Gasteiger partial charge < -0.3 is 5.11 Å². The number of hydrogen-bond acceptors (Lipinski definition) is 3. The van der Waals surface area contributed by atoms with Gasteiger partial charge in [-0.05, 0) is 79.4 Å². The molecule has 3 fully saturated rings. The molecule has 0 aromatic heterocycles. The Morgan fingerprint density at radius 1 is 1.27 bits per heavy atom. The van der Waals surface area contributed by atoms with E-state index in [0.29, 0.717) is 17.4 Å². The molecule has 2 unspecified atom stereocenters. The Bertz CT molecular complexity index is 628. The number of carboxylic acid groups (broad SMARTS) is 1. The summed E-state index contributed by atoms with van der Waals surface area (Å²) in [5.74, 6) is 1.60. The van der Waals surface area contributed by atoms with Gasteiger partial charge in [0.25, 0.3) is 0 Å². The van der Waals surface area contributed by atoms with Crippen LogP contribution in [0.5, 0.6) is 0 Å². The van der Waals surface area contributed by atoms with Crippen molar-refractivity contribution in [2.45, 2.75) is 63.3 Å². The van der Waals surface area contributed by atoms with Crippen LogP contribution in [0, 0.1) is 23.2 Å². The largest absolute Gasteiger partial charge is 0.481 e. The normalized spacial score (nSPS) is 29.5. The summed E-state index contributed by atoms with van der Waals surface area (Å²) in [4.78, 5) is 11.9. The average Bonchev–Trinajstić information content (AvgIpc) is 2.63. The van der Waals surface area contributed by atoms with E-state index in [-0.39, 0.29) is 6.42 Å². The number of benzene rings is 1. The minimum atomic E-state index is -0.699. The summed E-state index contributed by atoms with van der Waals surface area (Å²) in [7, 11) is 0. The molecule has 3 saturated carbocycles. The van der Waals surface area contributed by atoms with E-state index < -0.39 is 5.97 Å². The fourth-order valence-electron chi connectivity index (χ4n) is 4.78. The predicted molar refractivity (Wildman–Crippen MR) is 108 cm³/mol. The lowest BCUT2D eigenvalue weighted by Gasteiger charge is -2.62. The number of hydrogen-bond donors (Lipinski definition) is 2. The van der Waals surface area contributed by atoms with Crippen LogP contribution in [0.15, 0.2) is 47.4 Å². The zero-order valence-electron chi connectivity index (χ0n) is 15.9. The SMILES string of the molecule is CC1(C)C2CC(NSc3ccccc3)[C@@H](C/C=C\CCCC(=O)O)[C@@H]1C2. The van der Waals surface area contributed by atoms with Gasteiger partial charge in [0, 0.05) is 17.4 Å². The van der Waals surface area contributed by atoms with Crippen LogP contribution in [0.2, 0.25) is 0 Å². The van der Waals surface area contributed by atoms with E-state index in [1.165, 1.54) is 17.7 Å². The molecule has 4 atom stereocenters. The van der Waals surface area contributed by atoms with Crippen LogP contribution < -0.4 is 4.72 Å². The summed E-state index contributed by atoms with van der Waals surface area (Å²) in [6.07, 6.45) is 10.1. The molecular formula is C22H31NO2S. The molecule has 3 nitrogen and oxygen atoms in total. The lowest BCUT2D eigenvalue weighted by atomic mass is 9.44. The minimum absolute atomic E-state index is 0.267. The number of nitrogens with one attached hydrogen (secondary N) is 1. The second kappa shape index (κ2) is 8.62. The molecule has 0 heterocycles. The van der Waals surface area contributed by atoms with Crippen molar-refractivity contribution in [1.82, 2.24) is 4.72 Å². The van der Waals surface area contributed by atoms with Crippen LogP contribution in [0.1, 0.15) is 52.4 Å². The molecule has 0 amide bonds. The number of carbonyl (C=O) groups is 1. The van der Waals surface area contributed by atoms with E-state index in [0.717, 1.165) is 31.1 Å². The molecule has 142 valence electrons. The quantitative estimate of drug-likeness (QED) is 0.339. The van der Waals surface area contributed by atoms with Gasteiger partial charge in [0.05, 0.1) is 0 Å². The molecule has 26 heavy (non-hydrogen) atoms. The highest BCUT2D eigenvalue weighted by molar-refractivity contribution is 7.97. The van der Waals surface area contributed by atoms with Crippen molar-refractivity contribution in [1.29, 1.82) is 0 Å². The predicted octanol–water partition coefficient (Wildman–Crippen LogP) is 5.54. The summed E-state index contributed by atoms with van der Waals surface area (Å²) in [5, 5.41) is 8.72. The molecule has 4 heteroatoms. The molecule has 0 spiro atoms. The average molecular weight is 374 g/mol. The van der Waals surface area contributed by atoms with E-state index in [1.54, 1.807) is 11.9 Å². The van der Waals surface area contributed by atoms with Gasteiger partial charge >= 0.3 is 5.97 Å². The van der Waals surface area contributed by atoms with Crippen molar-refractivity contribution in [3.05, 3.63) is 42.5 Å². The first-order valence-electron chi connectivity index (χ1n) is 9.82. The van der Waals surface area contributed by atoms with Crippen LogP contribution in [-0.4, -0.2) is 17.1 Å². The molecule has 0 aliphatic heterocycles. The van der Waals surface area contributed by atoms with Crippen molar-refractivity contribution in [3.63, 3.8) is 0 Å². The third kappa shape index (κ3) is 4.52. The topological polar surface area (TPSA) is 49.3 Å². The molecule has 4 rings (SSSR count). The number of carboxylic acids is 1. The van der Waals surface area contributed by atoms with Crippen LogP contribution >= 0.6 is 11.9 Å². The van der Waals surface area contributed by atoms with Crippen molar-refractivity contribution >= 4 is 17.9 Å². The minimum Gasteiger partial charge on any atom is -0.481 e. The van der Waals surface area contributed by atoms with E-state index >= 15 is 0 Å². The van der Waals surface area contributed by atoms with Crippen LogP contribution in [-0.2, 0) is 4.79 Å². The highest BCUT2D eigenvalue weighted by Crippen LogP contribution is 2.62. The molecule has 1 aromatic carbocycles. The summed E-state index contributed by atoms with van der Waals surface area (Å²) >= 11 is 1.76. The zero-order valence-corrected chi connectivity index (χ0v) is 16.7. The molecule has 2 bridgehead atoms. The molecule has 0 saturated heterocycles. The Labute approximate surface area is 161 Å². The summed E-state index contributed by atoms with van der Waals surface area (Å²) < 4.78 is 3.76. The van der Waals surface area contributed by atoms with E-state index in [2.05, 4.69) is 61.1 Å². The number of unbranched alkanes of at least 4 members (excludes halogenated alkanes) is 1. The monoisotopic (exact) mass is 373 g/mol. The number of rotatable bonds is 9. The molecule has 2 N–H and O–H groups in total. The number of fused-ring (bicyclic) bond motifs is 2. The maximum Gasteiger partial charge on any atom is 0.303 e. The van der Waals surface area contributed by atoms with Crippen molar-refractivity contribution < 1.29 is 9.90 Å². The molecule has 3 aliphatic carbocycles. The molecule has 3 aliphatic rings. The third-order valence-electron chi connectivity index (χ3n) is 6.53. The van der Waals surface area contributed by atoms with Crippen LogP contribution in [0.4, 0.5) is 0 Å². The lowest BCUT2D eigenvalue weighted by molar-refractivity contribution is -0.137. The van der Waals surface area contributed by atoms with Gasteiger partial charge in [-0.2, -0.15) is 0 Å². The number of allylic oxidation sites excluding steroid dienone is 2. The Morgan fingerprint density at radius 3 is 2.73 bits per heavy atom. The lowest BCUT2D eigenvalue weighted by Crippen LogP contribution is -2.59. The second-order valence-electron chi connectivity index (χ2n) is 8.39. The highest BCUT2D eigenvalue weighted by Gasteiger charge is 2.57. The van der Waals surface area contributed by atoms with E-state index in [9.17, 15) is 4.79 Å². The van der Waals surface area contributed by atoms with Crippen LogP contribution in [0.25, 0.3) is 0 Å². The van der Waals surface area contributed by atoms with Crippen molar-refractivity contribution in [3.8, 4) is 0 Å². The smallest absolute Gasteiger partial charge is 0.303 e. The maximum absolute atomic E-state index is 10.6. The first-order chi connectivity index (χ1) is 12.5. The maximum atomic E-state index is 10.6. The first-order valence-corrected chi connectivity index (χ1v) is 10.6. The fourth-order valence-corrected chi connectivity index (χ4v) is 5.63. The summed E-state index contributed by atoms with van der Waals surface area (Å²) in [6, 6.07) is 11.1. The van der Waals surface area contributed by atoms with Gasteiger partial charge in [0.2, 0.25) is 0 Å². The van der Waals surface area contributed by atoms with Crippen molar-refractivity contribution in [2.24, 2.45) is 23.2 Å². The van der Waals surface area contributed by atoms with E-state index in [1.807, 2.05) is 0 Å². The third-order valence-corrected chi connectivity index (χ3v) is 7.45. The zero-order chi connectivity index (χ0) is 18.6. The Balaban J connectivity index is 1.55. The Kier molecular flexibility index (Phi) is 6.46. The van der Waals surface area contributed by atoms with Gasteiger partial charge in [-0.15, -0.1) is 0 Å². The molecular weight excluding hydrogens is 342 g/mol. The highest BCUT2D eigenvalue weighted by atomic mass is 32.2. The second-order valence-corrected chi connectivity index (χ2v) is 9.30. The van der Waals surface area contributed by atoms with Gasteiger partial charge in [-0.25, -0.2) is 0 Å². The fraction of sp³-hybridized carbons (Fsp3) is 0.591. The van der Waals surface area contributed by atoms with Crippen molar-refractivity contribution in [2.75, 3.05) is 0 Å². The van der Waals surface area contributed by atoms with Gasteiger partial charge in [-0.1, -0.05) is 44.2 Å². The number of aliphatic carboxylic acids is 1. The summed E-state index contributed by atoms with van der Waals surface area (Å²) in [5.41, 5.74) is 0.470. The molecule has 0 radical (unpaired) electrons. The Hall–Kier alpha value is -1.26. The van der Waals surface area contributed by atoms with Gasteiger partial charge in [0.15, 0.2) is 0 Å².